The molecular formula is C15H16N4. The van der Waals surface area contributed by atoms with Gasteiger partial charge in [0.05, 0.1) is 0 Å². The predicted molar refractivity (Wildman–Crippen MR) is 76.5 cm³/mol. The van der Waals surface area contributed by atoms with Crippen LogP contribution in [-0.4, -0.2) is 11.5 Å². The molecule has 1 heterocycles. The molecule has 0 atom stereocenters. The van der Waals surface area contributed by atoms with E-state index in [0.717, 1.165) is 30.0 Å². The lowest BCUT2D eigenvalue weighted by molar-refractivity contribution is 0.830. The minimum absolute atomic E-state index is 0.434. The van der Waals surface area contributed by atoms with Crippen molar-refractivity contribution in [1.29, 1.82) is 5.26 Å². The first kappa shape index (κ1) is 12.9. The number of nitrogens with two attached hydrogens (primary N) is 1. The van der Waals surface area contributed by atoms with Crippen LogP contribution < -0.4 is 10.6 Å². The maximum Gasteiger partial charge on any atom is 0.142 e. The molecule has 4 nitrogen and oxygen atoms in total. The molecule has 0 unspecified atom stereocenters. The molecule has 0 aliphatic carbocycles. The zero-order valence-corrected chi connectivity index (χ0v) is 10.9. The van der Waals surface area contributed by atoms with Crippen molar-refractivity contribution in [2.45, 2.75) is 13.5 Å². The van der Waals surface area contributed by atoms with Crippen molar-refractivity contribution < 1.29 is 0 Å². The lowest BCUT2D eigenvalue weighted by atomic mass is 10.2. The SMILES string of the molecule is CCN(Cc1cccc(N)c1)c1ccnc(C#N)c1. The van der Waals surface area contributed by atoms with Gasteiger partial charge in [0.1, 0.15) is 11.8 Å². The van der Waals surface area contributed by atoms with Crippen molar-refractivity contribution in [2.75, 3.05) is 17.2 Å². The van der Waals surface area contributed by atoms with Crippen molar-refractivity contribution in [3.63, 3.8) is 0 Å². The van der Waals surface area contributed by atoms with Gasteiger partial charge in [0, 0.05) is 30.7 Å². The van der Waals surface area contributed by atoms with E-state index in [4.69, 9.17) is 11.0 Å². The quantitative estimate of drug-likeness (QED) is 0.849. The first-order valence-electron chi connectivity index (χ1n) is 6.18. The number of benzene rings is 1. The molecule has 0 amide bonds. The Balaban J connectivity index is 2.22. The van der Waals surface area contributed by atoms with Crippen LogP contribution in [0.3, 0.4) is 0 Å². The van der Waals surface area contributed by atoms with Crippen LogP contribution in [0.1, 0.15) is 18.2 Å². The highest BCUT2D eigenvalue weighted by Gasteiger charge is 2.06. The summed E-state index contributed by atoms with van der Waals surface area (Å²) >= 11 is 0. The lowest BCUT2D eigenvalue weighted by Gasteiger charge is -2.23. The third-order valence-electron chi connectivity index (χ3n) is 2.93. The molecule has 2 aromatic rings. The highest BCUT2D eigenvalue weighted by Crippen LogP contribution is 2.18. The minimum Gasteiger partial charge on any atom is -0.399 e. The van der Waals surface area contributed by atoms with Crippen LogP contribution in [-0.2, 0) is 6.54 Å². The standard InChI is InChI=1S/C15H16N4/c1-2-19(11-12-4-3-5-13(17)8-12)15-6-7-18-14(9-15)10-16/h3-9H,2,11,17H2,1H3. The van der Waals surface area contributed by atoms with Crippen molar-refractivity contribution in [2.24, 2.45) is 0 Å². The molecule has 0 saturated carbocycles. The second-order valence-electron chi connectivity index (χ2n) is 4.27. The average Bonchev–Trinajstić information content (AvgIpc) is 2.45. The van der Waals surface area contributed by atoms with E-state index in [1.165, 1.54) is 0 Å². The van der Waals surface area contributed by atoms with Gasteiger partial charge in [0.2, 0.25) is 0 Å². The summed E-state index contributed by atoms with van der Waals surface area (Å²) in [4.78, 5) is 6.17. The fraction of sp³-hybridized carbons (Fsp3) is 0.200. The van der Waals surface area contributed by atoms with Gasteiger partial charge in [0.25, 0.3) is 0 Å². The summed E-state index contributed by atoms with van der Waals surface area (Å²) in [6.45, 7) is 3.69. The van der Waals surface area contributed by atoms with Crippen LogP contribution in [0.5, 0.6) is 0 Å². The molecule has 96 valence electrons. The van der Waals surface area contributed by atoms with E-state index in [1.54, 1.807) is 12.3 Å². The normalized spacial score (nSPS) is 9.89. The van der Waals surface area contributed by atoms with Crippen LogP contribution in [0.25, 0.3) is 0 Å². The van der Waals surface area contributed by atoms with E-state index >= 15 is 0 Å². The molecule has 0 aliphatic rings. The Bertz CT molecular complexity index is 601. The smallest absolute Gasteiger partial charge is 0.142 e. The molecule has 0 spiro atoms. The predicted octanol–water partition coefficient (Wildman–Crippen LogP) is 2.56. The molecule has 0 fully saturated rings. The molecule has 2 N–H and O–H groups in total. The fourth-order valence-corrected chi connectivity index (χ4v) is 1.97. The first-order valence-corrected chi connectivity index (χ1v) is 6.18. The molecule has 4 heteroatoms. The van der Waals surface area contributed by atoms with Crippen molar-refractivity contribution >= 4 is 11.4 Å². The number of nitrogen functional groups attached to an aromatic ring is 1. The van der Waals surface area contributed by atoms with Gasteiger partial charge in [0.15, 0.2) is 0 Å². The van der Waals surface area contributed by atoms with Crippen molar-refractivity contribution in [3.05, 3.63) is 53.9 Å². The number of pyridine rings is 1. The Hall–Kier alpha value is -2.54. The maximum absolute atomic E-state index is 8.90. The highest BCUT2D eigenvalue weighted by molar-refractivity contribution is 5.50. The number of aromatic nitrogens is 1. The summed E-state index contributed by atoms with van der Waals surface area (Å²) in [5, 5.41) is 8.90. The van der Waals surface area contributed by atoms with Crippen LogP contribution in [0, 0.1) is 11.3 Å². The van der Waals surface area contributed by atoms with E-state index in [-0.39, 0.29) is 0 Å². The van der Waals surface area contributed by atoms with Gasteiger partial charge in [-0.15, -0.1) is 0 Å². The zero-order valence-electron chi connectivity index (χ0n) is 10.9. The largest absolute Gasteiger partial charge is 0.399 e. The van der Waals surface area contributed by atoms with Crippen LogP contribution in [0.2, 0.25) is 0 Å². The van der Waals surface area contributed by atoms with Gasteiger partial charge in [-0.2, -0.15) is 5.26 Å². The number of hydrogen-bond donors (Lipinski definition) is 1. The second kappa shape index (κ2) is 5.87. The maximum atomic E-state index is 8.90. The number of hydrogen-bond acceptors (Lipinski definition) is 4. The molecule has 0 aliphatic heterocycles. The number of rotatable bonds is 4. The molecule has 0 bridgehead atoms. The van der Waals surface area contributed by atoms with Gasteiger partial charge < -0.3 is 10.6 Å². The van der Waals surface area contributed by atoms with Gasteiger partial charge in [-0.25, -0.2) is 4.98 Å². The number of anilines is 2. The summed E-state index contributed by atoms with van der Waals surface area (Å²) in [6.07, 6.45) is 1.66. The summed E-state index contributed by atoms with van der Waals surface area (Å²) < 4.78 is 0. The Morgan fingerprint density at radius 1 is 1.32 bits per heavy atom. The molecule has 0 saturated heterocycles. The van der Waals surface area contributed by atoms with Crippen LogP contribution >= 0.6 is 0 Å². The molecule has 19 heavy (non-hydrogen) atoms. The van der Waals surface area contributed by atoms with Crippen molar-refractivity contribution in [1.82, 2.24) is 4.98 Å². The van der Waals surface area contributed by atoms with Crippen molar-refractivity contribution in [3.8, 4) is 6.07 Å². The number of nitriles is 1. The van der Waals surface area contributed by atoms with Crippen LogP contribution in [0.15, 0.2) is 42.6 Å². The fourth-order valence-electron chi connectivity index (χ4n) is 1.97. The Kier molecular flexibility index (Phi) is 3.99. The monoisotopic (exact) mass is 252 g/mol. The van der Waals surface area contributed by atoms with E-state index in [9.17, 15) is 0 Å². The second-order valence-corrected chi connectivity index (χ2v) is 4.27. The van der Waals surface area contributed by atoms with E-state index in [2.05, 4.69) is 22.9 Å². The van der Waals surface area contributed by atoms with Crippen LogP contribution in [0.4, 0.5) is 11.4 Å². The van der Waals surface area contributed by atoms with Gasteiger partial charge in [-0.3, -0.25) is 0 Å². The Morgan fingerprint density at radius 3 is 2.84 bits per heavy atom. The van der Waals surface area contributed by atoms with E-state index in [0.29, 0.717) is 5.69 Å². The Labute approximate surface area is 113 Å². The summed E-state index contributed by atoms with van der Waals surface area (Å²) in [5.41, 5.74) is 9.13. The number of nitrogens with zero attached hydrogens (tertiary/aromatic N) is 3. The summed E-state index contributed by atoms with van der Waals surface area (Å²) in [5.74, 6) is 0. The van der Waals surface area contributed by atoms with E-state index < -0.39 is 0 Å². The topological polar surface area (TPSA) is 65.9 Å². The molecule has 1 aromatic heterocycles. The third kappa shape index (κ3) is 3.23. The molecule has 1 aromatic carbocycles. The van der Waals surface area contributed by atoms with E-state index in [1.807, 2.05) is 30.3 Å². The summed E-state index contributed by atoms with van der Waals surface area (Å²) in [7, 11) is 0. The highest BCUT2D eigenvalue weighted by atomic mass is 15.1. The lowest BCUT2D eigenvalue weighted by Crippen LogP contribution is -2.22. The third-order valence-corrected chi connectivity index (χ3v) is 2.93. The zero-order chi connectivity index (χ0) is 13.7. The first-order chi connectivity index (χ1) is 9.22. The summed E-state index contributed by atoms with van der Waals surface area (Å²) in [6, 6.07) is 13.6. The average molecular weight is 252 g/mol. The van der Waals surface area contributed by atoms with Gasteiger partial charge in [-0.1, -0.05) is 12.1 Å². The molecular weight excluding hydrogens is 236 g/mol. The van der Waals surface area contributed by atoms with Gasteiger partial charge >= 0.3 is 0 Å². The minimum atomic E-state index is 0.434. The Morgan fingerprint density at radius 2 is 2.16 bits per heavy atom. The molecule has 0 radical (unpaired) electrons. The molecule has 2 rings (SSSR count). The van der Waals surface area contributed by atoms with Gasteiger partial charge in [-0.05, 0) is 36.8 Å².